The number of fused-ring (bicyclic) bond motifs is 1. The first kappa shape index (κ1) is 14.9. The molecule has 1 fully saturated rings. The second kappa shape index (κ2) is 6.43. The summed E-state index contributed by atoms with van der Waals surface area (Å²) in [5, 5.41) is 5.49. The largest absolute Gasteiger partial charge is 0.335 e. The molecule has 0 bridgehead atoms. The number of hydrogen-bond acceptors (Lipinski definition) is 4. The van der Waals surface area contributed by atoms with E-state index in [-0.39, 0.29) is 5.91 Å². The van der Waals surface area contributed by atoms with Crippen LogP contribution < -0.4 is 0 Å². The molecule has 0 N–H and O–H groups in total. The zero-order chi connectivity index (χ0) is 15.6. The van der Waals surface area contributed by atoms with E-state index in [9.17, 15) is 4.79 Å². The van der Waals surface area contributed by atoms with E-state index in [1.54, 1.807) is 22.7 Å². The van der Waals surface area contributed by atoms with E-state index in [1.165, 1.54) is 10.3 Å². The lowest BCUT2D eigenvalue weighted by Gasteiger charge is -2.34. The Labute approximate surface area is 143 Å². The zero-order valence-electron chi connectivity index (χ0n) is 12.8. The second-order valence-electron chi connectivity index (χ2n) is 5.85. The van der Waals surface area contributed by atoms with Gasteiger partial charge in [0.25, 0.3) is 5.91 Å². The van der Waals surface area contributed by atoms with Gasteiger partial charge in [-0.3, -0.25) is 9.69 Å². The van der Waals surface area contributed by atoms with Gasteiger partial charge in [0.15, 0.2) is 0 Å². The predicted octanol–water partition coefficient (Wildman–Crippen LogP) is 3.92. The number of rotatable bonds is 3. The Balaban J connectivity index is 1.40. The van der Waals surface area contributed by atoms with Crippen LogP contribution in [0.25, 0.3) is 10.1 Å². The molecule has 3 aromatic rings. The van der Waals surface area contributed by atoms with Gasteiger partial charge in [-0.05, 0) is 39.9 Å². The van der Waals surface area contributed by atoms with Gasteiger partial charge in [-0.15, -0.1) is 11.3 Å². The molecule has 4 rings (SSSR count). The van der Waals surface area contributed by atoms with Crippen molar-refractivity contribution in [2.24, 2.45) is 0 Å². The normalized spacial score (nSPS) is 16.1. The molecule has 23 heavy (non-hydrogen) atoms. The monoisotopic (exact) mass is 342 g/mol. The number of nitrogens with zero attached hydrogens (tertiary/aromatic N) is 2. The molecule has 0 radical (unpaired) electrons. The highest BCUT2D eigenvalue weighted by Gasteiger charge is 2.23. The molecular formula is C18H18N2OS2. The molecule has 0 unspecified atom stereocenters. The van der Waals surface area contributed by atoms with Gasteiger partial charge in [-0.25, -0.2) is 0 Å². The number of benzene rings is 1. The van der Waals surface area contributed by atoms with E-state index in [0.717, 1.165) is 43.0 Å². The van der Waals surface area contributed by atoms with Crippen LogP contribution in [0.1, 0.15) is 15.2 Å². The Bertz CT molecular complexity index is 768. The molecule has 1 amide bonds. The van der Waals surface area contributed by atoms with Crippen LogP contribution in [-0.2, 0) is 6.54 Å². The second-order valence-corrected chi connectivity index (χ2v) is 7.71. The van der Waals surface area contributed by atoms with Gasteiger partial charge >= 0.3 is 0 Å². The molecule has 3 nitrogen and oxygen atoms in total. The molecule has 118 valence electrons. The molecule has 0 aliphatic carbocycles. The lowest BCUT2D eigenvalue weighted by atomic mass is 10.2. The minimum Gasteiger partial charge on any atom is -0.335 e. The lowest BCUT2D eigenvalue weighted by molar-refractivity contribution is 0.0633. The highest BCUT2D eigenvalue weighted by Crippen LogP contribution is 2.26. The van der Waals surface area contributed by atoms with Crippen molar-refractivity contribution in [1.82, 2.24) is 9.80 Å². The first-order chi connectivity index (χ1) is 11.3. The molecule has 5 heteroatoms. The summed E-state index contributed by atoms with van der Waals surface area (Å²) >= 11 is 3.34. The molecule has 1 aliphatic heterocycles. The summed E-state index contributed by atoms with van der Waals surface area (Å²) in [5.41, 5.74) is 1.37. The van der Waals surface area contributed by atoms with E-state index in [1.807, 2.05) is 23.1 Å². The molecule has 1 saturated heterocycles. The summed E-state index contributed by atoms with van der Waals surface area (Å²) in [4.78, 5) is 18.0. The molecule has 2 aromatic heterocycles. The van der Waals surface area contributed by atoms with Crippen LogP contribution in [0.5, 0.6) is 0 Å². The van der Waals surface area contributed by atoms with Crippen LogP contribution in [-0.4, -0.2) is 41.9 Å². The van der Waals surface area contributed by atoms with Crippen molar-refractivity contribution in [1.29, 1.82) is 0 Å². The summed E-state index contributed by atoms with van der Waals surface area (Å²) in [7, 11) is 0. The Kier molecular flexibility index (Phi) is 4.16. The highest BCUT2D eigenvalue weighted by atomic mass is 32.1. The van der Waals surface area contributed by atoms with E-state index in [0.29, 0.717) is 0 Å². The van der Waals surface area contributed by atoms with Gasteiger partial charge in [0.2, 0.25) is 0 Å². The Hall–Kier alpha value is -1.69. The maximum Gasteiger partial charge on any atom is 0.264 e. The van der Waals surface area contributed by atoms with Crippen molar-refractivity contribution >= 4 is 38.7 Å². The van der Waals surface area contributed by atoms with Crippen molar-refractivity contribution in [3.05, 3.63) is 57.6 Å². The third-order valence-electron chi connectivity index (χ3n) is 4.28. The van der Waals surface area contributed by atoms with Gasteiger partial charge in [0, 0.05) is 37.4 Å². The van der Waals surface area contributed by atoms with E-state index in [2.05, 4.69) is 33.9 Å². The van der Waals surface area contributed by atoms with E-state index >= 15 is 0 Å². The van der Waals surface area contributed by atoms with Crippen molar-refractivity contribution in [3.63, 3.8) is 0 Å². The SMILES string of the molecule is O=C(c1cc2ccccc2s1)N1CCN(Cc2ccsc2)CC1. The zero-order valence-corrected chi connectivity index (χ0v) is 14.4. The maximum atomic E-state index is 12.7. The fourth-order valence-corrected chi connectivity index (χ4v) is 4.68. The van der Waals surface area contributed by atoms with Crippen molar-refractivity contribution in [3.8, 4) is 0 Å². The molecular weight excluding hydrogens is 324 g/mol. The minimum absolute atomic E-state index is 0.182. The molecule has 1 aliphatic rings. The number of thiophene rings is 2. The van der Waals surface area contributed by atoms with Crippen LogP contribution in [0, 0.1) is 0 Å². The van der Waals surface area contributed by atoms with Crippen LogP contribution >= 0.6 is 22.7 Å². The highest BCUT2D eigenvalue weighted by molar-refractivity contribution is 7.20. The summed E-state index contributed by atoms with van der Waals surface area (Å²) in [5.74, 6) is 0.182. The average molecular weight is 342 g/mol. The molecule has 3 heterocycles. The molecule has 0 atom stereocenters. The number of hydrogen-bond donors (Lipinski definition) is 0. The quantitative estimate of drug-likeness (QED) is 0.720. The van der Waals surface area contributed by atoms with Gasteiger partial charge in [-0.1, -0.05) is 18.2 Å². The average Bonchev–Trinajstić information content (AvgIpc) is 3.24. The Morgan fingerprint density at radius 2 is 1.91 bits per heavy atom. The fraction of sp³-hybridized carbons (Fsp3) is 0.278. The van der Waals surface area contributed by atoms with Crippen molar-refractivity contribution in [2.45, 2.75) is 6.54 Å². The summed E-state index contributed by atoms with van der Waals surface area (Å²) < 4.78 is 1.19. The third-order valence-corrected chi connectivity index (χ3v) is 6.12. The standard InChI is InChI=1S/C18H18N2OS2/c21-18(17-11-15-3-1-2-4-16(15)23-17)20-8-6-19(7-9-20)12-14-5-10-22-13-14/h1-5,10-11,13H,6-9,12H2. The van der Waals surface area contributed by atoms with Crippen molar-refractivity contribution in [2.75, 3.05) is 26.2 Å². The number of piperazine rings is 1. The fourth-order valence-electron chi connectivity index (χ4n) is 2.99. The van der Waals surface area contributed by atoms with Crippen LogP contribution in [0.4, 0.5) is 0 Å². The predicted molar refractivity (Wildman–Crippen MR) is 97.3 cm³/mol. The number of carbonyl (C=O) groups excluding carboxylic acids is 1. The van der Waals surface area contributed by atoms with Crippen LogP contribution in [0.15, 0.2) is 47.2 Å². The Morgan fingerprint density at radius 1 is 1.09 bits per heavy atom. The van der Waals surface area contributed by atoms with Crippen molar-refractivity contribution < 1.29 is 4.79 Å². The van der Waals surface area contributed by atoms with Crippen LogP contribution in [0.2, 0.25) is 0 Å². The third kappa shape index (κ3) is 3.17. The topological polar surface area (TPSA) is 23.6 Å². The number of amides is 1. The first-order valence-corrected chi connectivity index (χ1v) is 9.57. The smallest absolute Gasteiger partial charge is 0.264 e. The minimum atomic E-state index is 0.182. The molecule has 1 aromatic carbocycles. The van der Waals surface area contributed by atoms with Crippen LogP contribution in [0.3, 0.4) is 0 Å². The van der Waals surface area contributed by atoms with Gasteiger partial charge in [0.05, 0.1) is 4.88 Å². The van der Waals surface area contributed by atoms with E-state index in [4.69, 9.17) is 0 Å². The molecule has 0 saturated carbocycles. The summed E-state index contributed by atoms with van der Waals surface area (Å²) in [6.07, 6.45) is 0. The number of carbonyl (C=O) groups is 1. The maximum absolute atomic E-state index is 12.7. The lowest BCUT2D eigenvalue weighted by Crippen LogP contribution is -2.48. The van der Waals surface area contributed by atoms with Gasteiger partial charge in [-0.2, -0.15) is 11.3 Å². The van der Waals surface area contributed by atoms with E-state index < -0.39 is 0 Å². The summed E-state index contributed by atoms with van der Waals surface area (Å²) in [6, 6.07) is 12.4. The van der Waals surface area contributed by atoms with Gasteiger partial charge < -0.3 is 4.90 Å². The summed E-state index contributed by atoms with van der Waals surface area (Å²) in [6.45, 7) is 4.53. The first-order valence-electron chi connectivity index (χ1n) is 7.81. The Morgan fingerprint density at radius 3 is 2.65 bits per heavy atom. The van der Waals surface area contributed by atoms with Gasteiger partial charge in [0.1, 0.15) is 0 Å². The molecule has 0 spiro atoms.